The maximum atomic E-state index is 13.2. The molecule has 1 saturated carbocycles. The molecule has 2 fully saturated rings. The van der Waals surface area contributed by atoms with E-state index < -0.39 is 5.92 Å². The second-order valence-electron chi connectivity index (χ2n) is 7.94. The number of alkyl halides is 1. The van der Waals surface area contributed by atoms with E-state index >= 15 is 0 Å². The molecule has 1 aliphatic heterocycles. The predicted molar refractivity (Wildman–Crippen MR) is 123 cm³/mol. The van der Waals surface area contributed by atoms with E-state index in [4.69, 9.17) is 9.47 Å². The number of carbonyl (C=O) groups excluding carboxylic acids is 2. The number of benzene rings is 2. The lowest BCUT2D eigenvalue weighted by atomic mass is 9.70. The molecule has 0 radical (unpaired) electrons. The number of halogens is 1. The molecular formula is C24H26INO4. The van der Waals surface area contributed by atoms with Gasteiger partial charge in [0.2, 0.25) is 0 Å². The maximum Gasteiger partial charge on any atom is 0.311 e. The summed E-state index contributed by atoms with van der Waals surface area (Å²) in [4.78, 5) is 28.3. The van der Waals surface area contributed by atoms with Gasteiger partial charge in [-0.3, -0.25) is 9.59 Å². The first-order valence-corrected chi connectivity index (χ1v) is 11.5. The van der Waals surface area contributed by atoms with Crippen LogP contribution in [0.15, 0.2) is 60.7 Å². The van der Waals surface area contributed by atoms with Gasteiger partial charge in [-0.05, 0) is 30.5 Å². The van der Waals surface area contributed by atoms with Crippen LogP contribution in [0.1, 0.15) is 24.4 Å². The molecule has 1 saturated heterocycles. The van der Waals surface area contributed by atoms with Crippen LogP contribution < -0.4 is 4.90 Å². The molecule has 0 unspecified atom stereocenters. The first kappa shape index (κ1) is 21.2. The second-order valence-corrected chi connectivity index (χ2v) is 9.54. The highest BCUT2D eigenvalue weighted by Crippen LogP contribution is 2.55. The minimum absolute atomic E-state index is 0.0279. The summed E-state index contributed by atoms with van der Waals surface area (Å²) in [7, 11) is 2.86. The summed E-state index contributed by atoms with van der Waals surface area (Å²) in [5.41, 5.74) is 2.11. The van der Waals surface area contributed by atoms with Gasteiger partial charge in [0.25, 0.3) is 0 Å². The van der Waals surface area contributed by atoms with E-state index in [0.29, 0.717) is 3.92 Å². The molecule has 1 heterocycles. The molecule has 1 aliphatic carbocycles. The van der Waals surface area contributed by atoms with Gasteiger partial charge in [0.05, 0.1) is 32.1 Å². The number of ether oxygens (including phenoxy) is 2. The minimum Gasteiger partial charge on any atom is -0.469 e. The minimum atomic E-state index is -0.454. The summed E-state index contributed by atoms with van der Waals surface area (Å²) in [5, 5.41) is 0. The van der Waals surface area contributed by atoms with Gasteiger partial charge in [-0.15, -0.1) is 0 Å². The van der Waals surface area contributed by atoms with Gasteiger partial charge in [0.15, 0.2) is 0 Å². The van der Waals surface area contributed by atoms with Crippen molar-refractivity contribution in [3.05, 3.63) is 66.2 Å². The van der Waals surface area contributed by atoms with Gasteiger partial charge in [0.1, 0.15) is 0 Å². The number of hydrogen-bond acceptors (Lipinski definition) is 5. The molecule has 6 heteroatoms. The summed E-state index contributed by atoms with van der Waals surface area (Å²) < 4.78 is 10.8. The van der Waals surface area contributed by atoms with E-state index in [0.717, 1.165) is 24.1 Å². The molecule has 4 rings (SSSR count). The maximum absolute atomic E-state index is 13.2. The Labute approximate surface area is 190 Å². The summed E-state index contributed by atoms with van der Waals surface area (Å²) in [6.45, 7) is 0. The van der Waals surface area contributed by atoms with E-state index in [-0.39, 0.29) is 35.9 Å². The van der Waals surface area contributed by atoms with Crippen molar-refractivity contribution in [3.63, 3.8) is 0 Å². The van der Waals surface area contributed by atoms with E-state index in [9.17, 15) is 9.59 Å². The zero-order chi connectivity index (χ0) is 21.3. The largest absolute Gasteiger partial charge is 0.469 e. The van der Waals surface area contributed by atoms with Crippen LogP contribution >= 0.6 is 22.6 Å². The van der Waals surface area contributed by atoms with Gasteiger partial charge in [-0.2, -0.15) is 0 Å². The normalized spacial score (nSPS) is 30.4. The van der Waals surface area contributed by atoms with Crippen LogP contribution in [0.25, 0.3) is 0 Å². The molecule has 5 nitrogen and oxygen atoms in total. The number of methoxy groups -OCH3 is 2. The van der Waals surface area contributed by atoms with Gasteiger partial charge in [0, 0.05) is 21.6 Å². The molecule has 2 aromatic carbocycles. The Morgan fingerprint density at radius 1 is 0.900 bits per heavy atom. The van der Waals surface area contributed by atoms with E-state index in [1.807, 2.05) is 36.4 Å². The highest BCUT2D eigenvalue weighted by atomic mass is 127. The molecule has 6 atom stereocenters. The lowest BCUT2D eigenvalue weighted by Crippen LogP contribution is -2.48. The lowest BCUT2D eigenvalue weighted by molar-refractivity contribution is -0.154. The number of anilines is 1. The number of nitrogens with zero attached hydrogens (tertiary/aromatic N) is 1. The Kier molecular flexibility index (Phi) is 6.32. The molecule has 2 aliphatic rings. The van der Waals surface area contributed by atoms with Gasteiger partial charge in [-0.25, -0.2) is 0 Å². The van der Waals surface area contributed by atoms with Crippen LogP contribution in [-0.4, -0.2) is 36.1 Å². The number of fused-ring (bicyclic) bond motifs is 1. The van der Waals surface area contributed by atoms with Crippen LogP contribution in [0.2, 0.25) is 0 Å². The smallest absolute Gasteiger partial charge is 0.311 e. The first-order chi connectivity index (χ1) is 14.6. The fourth-order valence-corrected chi connectivity index (χ4v) is 6.56. The topological polar surface area (TPSA) is 55.8 Å². The van der Waals surface area contributed by atoms with Crippen LogP contribution in [-0.2, 0) is 19.1 Å². The van der Waals surface area contributed by atoms with Crippen LogP contribution in [0, 0.1) is 17.8 Å². The fraction of sp³-hybridized carbons (Fsp3) is 0.417. The molecule has 0 bridgehead atoms. The standard InChI is InChI=1S/C24H26INO4/c1-29-23(27)17-13-14-18(25)22-19(17)20(24(28)30-2)21(15-9-5-3-6-10-15)26(22)16-11-7-4-8-12-16/h3-12,17-22H,13-14H2,1-2H3/t17-,18+,19-,20-,21-,22-/m0/s1. The average Bonchev–Trinajstić information content (AvgIpc) is 3.16. The van der Waals surface area contributed by atoms with Gasteiger partial charge < -0.3 is 14.4 Å². The van der Waals surface area contributed by atoms with Crippen LogP contribution in [0.4, 0.5) is 5.69 Å². The van der Waals surface area contributed by atoms with Crippen molar-refractivity contribution in [2.75, 3.05) is 19.1 Å². The molecule has 158 valence electrons. The number of para-hydroxylation sites is 1. The summed E-state index contributed by atoms with van der Waals surface area (Å²) in [6.07, 6.45) is 1.62. The van der Waals surface area contributed by atoms with Gasteiger partial charge in [-0.1, -0.05) is 71.1 Å². The predicted octanol–water partition coefficient (Wildman–Crippen LogP) is 4.41. The van der Waals surface area contributed by atoms with Crippen molar-refractivity contribution < 1.29 is 19.1 Å². The number of carbonyl (C=O) groups is 2. The number of rotatable bonds is 4. The molecule has 0 N–H and O–H groups in total. The van der Waals surface area contributed by atoms with Crippen molar-refractivity contribution in [1.29, 1.82) is 0 Å². The SMILES string of the molecule is COC(=O)[C@H]1[C@H]2[C@H]([C@H](I)CC[C@@H]2C(=O)OC)N(c2ccccc2)[C@H]1c1ccccc1. The Morgan fingerprint density at radius 3 is 2.10 bits per heavy atom. The van der Waals surface area contributed by atoms with Crippen molar-refractivity contribution in [2.24, 2.45) is 17.8 Å². The van der Waals surface area contributed by atoms with Crippen LogP contribution in [0.5, 0.6) is 0 Å². The summed E-state index contributed by atoms with van der Waals surface area (Å²) >= 11 is 2.49. The zero-order valence-corrected chi connectivity index (χ0v) is 19.3. The monoisotopic (exact) mass is 519 g/mol. The molecule has 30 heavy (non-hydrogen) atoms. The second kappa shape index (κ2) is 8.96. The highest BCUT2D eigenvalue weighted by molar-refractivity contribution is 14.1. The van der Waals surface area contributed by atoms with Crippen molar-refractivity contribution in [3.8, 4) is 0 Å². The van der Waals surface area contributed by atoms with E-state index in [2.05, 4.69) is 51.8 Å². The summed E-state index contributed by atoms with van der Waals surface area (Å²) in [5.74, 6) is -1.45. The van der Waals surface area contributed by atoms with Crippen LogP contribution in [0.3, 0.4) is 0 Å². The molecule has 0 aromatic heterocycles. The fourth-order valence-electron chi connectivity index (χ4n) is 5.37. The molecule has 2 aromatic rings. The third-order valence-corrected chi connectivity index (χ3v) is 7.89. The number of hydrogen-bond donors (Lipinski definition) is 0. The quantitative estimate of drug-likeness (QED) is 0.341. The third-order valence-electron chi connectivity index (χ3n) is 6.53. The number of esters is 2. The highest BCUT2D eigenvalue weighted by Gasteiger charge is 2.60. The van der Waals surface area contributed by atoms with E-state index in [1.54, 1.807) is 0 Å². The lowest BCUT2D eigenvalue weighted by Gasteiger charge is -2.41. The average molecular weight is 519 g/mol. The third kappa shape index (κ3) is 3.59. The summed E-state index contributed by atoms with van der Waals surface area (Å²) in [6, 6.07) is 20.1. The van der Waals surface area contributed by atoms with Gasteiger partial charge >= 0.3 is 11.9 Å². The molecular weight excluding hydrogens is 493 g/mol. The van der Waals surface area contributed by atoms with Crippen molar-refractivity contribution in [1.82, 2.24) is 0 Å². The van der Waals surface area contributed by atoms with E-state index in [1.165, 1.54) is 14.2 Å². The Morgan fingerprint density at radius 2 is 1.50 bits per heavy atom. The Bertz CT molecular complexity index is 891. The Balaban J connectivity index is 1.92. The van der Waals surface area contributed by atoms with Crippen molar-refractivity contribution >= 4 is 40.2 Å². The molecule has 0 amide bonds. The zero-order valence-electron chi connectivity index (χ0n) is 17.1. The Hall–Kier alpha value is -2.09. The first-order valence-electron chi connectivity index (χ1n) is 10.3. The van der Waals surface area contributed by atoms with Crippen molar-refractivity contribution in [2.45, 2.75) is 28.8 Å². The molecule has 0 spiro atoms.